The molecule has 0 radical (unpaired) electrons. The molecule has 0 spiro atoms. The maximum Gasteiger partial charge on any atom is 0.244 e. The van der Waals surface area contributed by atoms with Gasteiger partial charge in [-0.3, -0.25) is 4.79 Å². The van der Waals surface area contributed by atoms with Crippen LogP contribution in [0.25, 0.3) is 28.0 Å². The molecule has 1 aromatic carbocycles. The molecule has 4 rings (SSSR count). The number of carbonyl (C=O) groups excluding carboxylic acids is 1. The zero-order valence-corrected chi connectivity index (χ0v) is 14.8. The van der Waals surface area contributed by atoms with Gasteiger partial charge in [0.25, 0.3) is 0 Å². The molecular formula is C21H21N5O. The van der Waals surface area contributed by atoms with Crippen LogP contribution in [0, 0.1) is 0 Å². The van der Waals surface area contributed by atoms with E-state index in [0.717, 1.165) is 33.1 Å². The van der Waals surface area contributed by atoms with Crippen molar-refractivity contribution in [1.82, 2.24) is 20.3 Å². The van der Waals surface area contributed by atoms with Crippen molar-refractivity contribution in [3.8, 4) is 0 Å². The number of fused-ring (bicyclic) bond motifs is 2. The van der Waals surface area contributed by atoms with Gasteiger partial charge in [0.15, 0.2) is 0 Å². The third kappa shape index (κ3) is 3.61. The molecule has 27 heavy (non-hydrogen) atoms. The highest BCUT2D eigenvalue weighted by molar-refractivity contribution is 5.95. The monoisotopic (exact) mass is 359 g/mol. The second-order valence-electron chi connectivity index (χ2n) is 6.48. The van der Waals surface area contributed by atoms with Gasteiger partial charge in [0.1, 0.15) is 5.65 Å². The molecule has 0 bridgehead atoms. The van der Waals surface area contributed by atoms with Crippen LogP contribution < -0.4 is 11.1 Å². The van der Waals surface area contributed by atoms with Gasteiger partial charge < -0.3 is 21.0 Å². The molecule has 3 heterocycles. The Morgan fingerprint density at radius 2 is 2.00 bits per heavy atom. The van der Waals surface area contributed by atoms with E-state index in [4.69, 9.17) is 5.73 Å². The van der Waals surface area contributed by atoms with Crippen LogP contribution in [0.15, 0.2) is 61.1 Å². The van der Waals surface area contributed by atoms with E-state index in [9.17, 15) is 4.79 Å². The molecule has 0 aliphatic rings. The van der Waals surface area contributed by atoms with E-state index in [1.807, 2.05) is 42.7 Å². The molecule has 0 saturated heterocycles. The van der Waals surface area contributed by atoms with Gasteiger partial charge >= 0.3 is 0 Å². The second-order valence-corrected chi connectivity index (χ2v) is 6.48. The summed E-state index contributed by atoms with van der Waals surface area (Å²) in [7, 11) is 0. The van der Waals surface area contributed by atoms with E-state index < -0.39 is 0 Å². The first-order valence-electron chi connectivity index (χ1n) is 8.90. The van der Waals surface area contributed by atoms with E-state index >= 15 is 0 Å². The number of pyridine rings is 1. The maximum absolute atomic E-state index is 12.3. The van der Waals surface area contributed by atoms with Crippen molar-refractivity contribution in [2.24, 2.45) is 5.73 Å². The summed E-state index contributed by atoms with van der Waals surface area (Å²) in [6, 6.07) is 11.8. The molecule has 0 unspecified atom stereocenters. The molecule has 0 fully saturated rings. The fraction of sp³-hybridized carbons (Fsp3) is 0.143. The number of aromatic nitrogens is 3. The van der Waals surface area contributed by atoms with Crippen LogP contribution in [-0.2, 0) is 11.2 Å². The second kappa shape index (κ2) is 7.47. The standard InChI is InChI=1S/C21H21N5O/c22-11-16(10-15-13-24-19-6-2-1-4-17(15)19)26-20(27)8-7-14-12-25-21-18(14)5-3-9-23-21/h1-9,12-13,16,24H,10-11,22H2,(H,23,25)(H,26,27)/b8-7+/t16-/m0/s1. The lowest BCUT2D eigenvalue weighted by atomic mass is 10.0. The van der Waals surface area contributed by atoms with Crippen LogP contribution in [0.2, 0.25) is 0 Å². The summed E-state index contributed by atoms with van der Waals surface area (Å²) < 4.78 is 0. The highest BCUT2D eigenvalue weighted by atomic mass is 16.1. The zero-order chi connectivity index (χ0) is 18.6. The number of hydrogen-bond donors (Lipinski definition) is 4. The lowest BCUT2D eigenvalue weighted by molar-refractivity contribution is -0.117. The number of aromatic amines is 2. The van der Waals surface area contributed by atoms with Gasteiger partial charge in [0.2, 0.25) is 5.91 Å². The van der Waals surface area contributed by atoms with E-state index in [2.05, 4.69) is 26.3 Å². The summed E-state index contributed by atoms with van der Waals surface area (Å²) in [5.74, 6) is -0.163. The summed E-state index contributed by atoms with van der Waals surface area (Å²) in [4.78, 5) is 22.9. The number of H-pyrrole nitrogens is 2. The third-order valence-electron chi connectivity index (χ3n) is 4.67. The lowest BCUT2D eigenvalue weighted by Gasteiger charge is -2.15. The largest absolute Gasteiger partial charge is 0.361 e. The number of para-hydroxylation sites is 1. The van der Waals surface area contributed by atoms with E-state index in [0.29, 0.717) is 13.0 Å². The summed E-state index contributed by atoms with van der Waals surface area (Å²) in [6.07, 6.45) is 9.55. The Morgan fingerprint density at radius 3 is 2.89 bits per heavy atom. The van der Waals surface area contributed by atoms with Crippen molar-refractivity contribution in [1.29, 1.82) is 0 Å². The summed E-state index contributed by atoms with van der Waals surface area (Å²) in [5, 5.41) is 5.13. The lowest BCUT2D eigenvalue weighted by Crippen LogP contribution is -2.40. The smallest absolute Gasteiger partial charge is 0.244 e. The van der Waals surface area contributed by atoms with Crippen molar-refractivity contribution >= 4 is 33.9 Å². The number of nitrogens with one attached hydrogen (secondary N) is 3. The topological polar surface area (TPSA) is 99.6 Å². The molecule has 4 aromatic rings. The molecule has 6 heteroatoms. The maximum atomic E-state index is 12.3. The molecule has 0 aliphatic heterocycles. The van der Waals surface area contributed by atoms with Gasteiger partial charge in [-0.2, -0.15) is 0 Å². The van der Waals surface area contributed by atoms with Gasteiger partial charge in [-0.15, -0.1) is 0 Å². The number of rotatable bonds is 6. The van der Waals surface area contributed by atoms with Gasteiger partial charge in [0, 0.05) is 59.1 Å². The van der Waals surface area contributed by atoms with Gasteiger partial charge in [-0.25, -0.2) is 4.98 Å². The fourth-order valence-corrected chi connectivity index (χ4v) is 3.29. The van der Waals surface area contributed by atoms with Crippen molar-refractivity contribution in [2.75, 3.05) is 6.54 Å². The quantitative estimate of drug-likeness (QED) is 0.398. The number of nitrogens with zero attached hydrogens (tertiary/aromatic N) is 1. The molecule has 6 nitrogen and oxygen atoms in total. The van der Waals surface area contributed by atoms with Gasteiger partial charge in [-0.05, 0) is 36.3 Å². The average molecular weight is 359 g/mol. The minimum Gasteiger partial charge on any atom is -0.361 e. The molecule has 0 aliphatic carbocycles. The Hall–Kier alpha value is -3.38. The highest BCUT2D eigenvalue weighted by Gasteiger charge is 2.13. The number of carbonyl (C=O) groups is 1. The summed E-state index contributed by atoms with van der Waals surface area (Å²) >= 11 is 0. The van der Waals surface area contributed by atoms with E-state index in [1.165, 1.54) is 6.08 Å². The zero-order valence-electron chi connectivity index (χ0n) is 14.8. The Labute approximate surface area is 156 Å². The van der Waals surface area contributed by atoms with Crippen molar-refractivity contribution in [3.63, 3.8) is 0 Å². The Kier molecular flexibility index (Phi) is 4.72. The average Bonchev–Trinajstić information content (AvgIpc) is 3.30. The third-order valence-corrected chi connectivity index (χ3v) is 4.67. The van der Waals surface area contributed by atoms with Gasteiger partial charge in [0.05, 0.1) is 0 Å². The van der Waals surface area contributed by atoms with Crippen LogP contribution in [0.3, 0.4) is 0 Å². The number of nitrogens with two attached hydrogens (primary N) is 1. The summed E-state index contributed by atoms with van der Waals surface area (Å²) in [5.41, 5.74) is 9.84. The Bertz CT molecular complexity index is 1110. The first-order chi connectivity index (χ1) is 13.2. The van der Waals surface area contributed by atoms with Crippen LogP contribution in [0.4, 0.5) is 0 Å². The van der Waals surface area contributed by atoms with Crippen LogP contribution in [0.1, 0.15) is 11.1 Å². The molecule has 3 aromatic heterocycles. The Balaban J connectivity index is 1.44. The molecule has 1 amide bonds. The molecular weight excluding hydrogens is 338 g/mol. The first-order valence-corrected chi connectivity index (χ1v) is 8.90. The van der Waals surface area contributed by atoms with Crippen LogP contribution in [0.5, 0.6) is 0 Å². The molecule has 1 atom stereocenters. The molecule has 136 valence electrons. The number of amides is 1. The van der Waals surface area contributed by atoms with Crippen molar-refractivity contribution in [3.05, 3.63) is 72.2 Å². The minimum absolute atomic E-state index is 0.133. The predicted octanol–water partition coefficient (Wildman–Crippen LogP) is 2.74. The highest BCUT2D eigenvalue weighted by Crippen LogP contribution is 2.19. The van der Waals surface area contributed by atoms with Crippen molar-refractivity contribution in [2.45, 2.75) is 12.5 Å². The number of benzene rings is 1. The predicted molar refractivity (Wildman–Crippen MR) is 108 cm³/mol. The van der Waals surface area contributed by atoms with E-state index in [-0.39, 0.29) is 11.9 Å². The van der Waals surface area contributed by atoms with Crippen LogP contribution >= 0.6 is 0 Å². The first kappa shape index (κ1) is 17.1. The summed E-state index contributed by atoms with van der Waals surface area (Å²) in [6.45, 7) is 0.371. The van der Waals surface area contributed by atoms with Crippen LogP contribution in [-0.4, -0.2) is 33.4 Å². The molecule has 5 N–H and O–H groups in total. The Morgan fingerprint density at radius 1 is 1.15 bits per heavy atom. The number of hydrogen-bond acceptors (Lipinski definition) is 3. The van der Waals surface area contributed by atoms with E-state index in [1.54, 1.807) is 12.3 Å². The van der Waals surface area contributed by atoms with Gasteiger partial charge in [-0.1, -0.05) is 18.2 Å². The molecule has 0 saturated carbocycles. The normalized spacial score (nSPS) is 12.8. The minimum atomic E-state index is -0.163. The SMILES string of the molecule is NC[C@H](Cc1c[nH]c2ccccc12)NC(=O)/C=C/c1c[nH]c2ncccc12. The van der Waals surface area contributed by atoms with Crippen molar-refractivity contribution < 1.29 is 4.79 Å². The fourth-order valence-electron chi connectivity index (χ4n) is 3.29.